The van der Waals surface area contributed by atoms with Crippen LogP contribution in [0.4, 0.5) is 0 Å². The van der Waals surface area contributed by atoms with Gasteiger partial charge in [0.15, 0.2) is 0 Å². The molecule has 1 saturated heterocycles. The first-order chi connectivity index (χ1) is 11.5. The van der Waals surface area contributed by atoms with E-state index in [1.165, 1.54) is 17.6 Å². The van der Waals surface area contributed by atoms with Crippen molar-refractivity contribution in [2.75, 3.05) is 27.2 Å². The van der Waals surface area contributed by atoms with E-state index in [1.807, 2.05) is 4.90 Å². The Bertz CT molecular complexity index is 613. The number of carbonyl (C=O) groups excluding carboxylic acids is 2. The number of hydrogen-bond acceptors (Lipinski definition) is 4. The second-order valence-corrected chi connectivity index (χ2v) is 7.22. The van der Waals surface area contributed by atoms with E-state index in [2.05, 4.69) is 9.97 Å². The minimum absolute atomic E-state index is 0.107. The summed E-state index contributed by atoms with van der Waals surface area (Å²) in [5.41, 5.74) is 1.32. The average molecular weight is 330 g/mol. The molecule has 6 nitrogen and oxygen atoms in total. The third-order valence-electron chi connectivity index (χ3n) is 5.13. The molecule has 1 aromatic heterocycles. The van der Waals surface area contributed by atoms with Crippen LogP contribution in [0.3, 0.4) is 0 Å². The molecule has 3 rings (SSSR count). The molecule has 1 aliphatic heterocycles. The largest absolute Gasteiger partial charge is 0.343 e. The zero-order valence-electron chi connectivity index (χ0n) is 14.6. The highest BCUT2D eigenvalue weighted by Gasteiger charge is 2.32. The number of nitrogens with zero attached hydrogens (tertiary/aromatic N) is 4. The molecule has 6 heteroatoms. The number of hydrogen-bond donors (Lipinski definition) is 0. The molecular weight excluding hydrogens is 304 g/mol. The van der Waals surface area contributed by atoms with Crippen molar-refractivity contribution in [2.45, 2.75) is 38.5 Å². The fourth-order valence-corrected chi connectivity index (χ4v) is 3.50. The Labute approximate surface area is 143 Å². The summed E-state index contributed by atoms with van der Waals surface area (Å²) in [5, 5.41) is 0. The monoisotopic (exact) mass is 330 g/mol. The van der Waals surface area contributed by atoms with Crippen LogP contribution in [0.15, 0.2) is 12.4 Å². The summed E-state index contributed by atoms with van der Waals surface area (Å²) >= 11 is 0. The van der Waals surface area contributed by atoms with Crippen LogP contribution in [-0.2, 0) is 11.2 Å². The van der Waals surface area contributed by atoms with Gasteiger partial charge in [-0.1, -0.05) is 6.42 Å². The molecule has 2 heterocycles. The van der Waals surface area contributed by atoms with E-state index < -0.39 is 0 Å². The number of carbonyl (C=O) groups is 2. The molecule has 2 fully saturated rings. The van der Waals surface area contributed by atoms with Crippen LogP contribution in [-0.4, -0.2) is 58.8 Å². The van der Waals surface area contributed by atoms with Gasteiger partial charge in [-0.2, -0.15) is 0 Å². The quantitative estimate of drug-likeness (QED) is 0.844. The third kappa shape index (κ3) is 3.74. The van der Waals surface area contributed by atoms with E-state index in [9.17, 15) is 9.59 Å². The molecule has 0 bridgehead atoms. The summed E-state index contributed by atoms with van der Waals surface area (Å²) in [6.45, 7) is 1.70. The number of piperidine rings is 1. The smallest absolute Gasteiger partial charge is 0.272 e. The lowest BCUT2D eigenvalue weighted by Crippen LogP contribution is -2.45. The maximum absolute atomic E-state index is 12.4. The van der Waals surface area contributed by atoms with Crippen molar-refractivity contribution < 1.29 is 9.59 Å². The molecule has 2 aliphatic rings. The Morgan fingerprint density at radius 1 is 1.21 bits per heavy atom. The molecule has 1 atom stereocenters. The predicted molar refractivity (Wildman–Crippen MR) is 90.4 cm³/mol. The molecule has 24 heavy (non-hydrogen) atoms. The minimum Gasteiger partial charge on any atom is -0.343 e. The Kier molecular flexibility index (Phi) is 5.11. The van der Waals surface area contributed by atoms with Gasteiger partial charge in [-0.05, 0) is 44.1 Å². The van der Waals surface area contributed by atoms with Crippen LogP contribution in [0.1, 0.15) is 48.3 Å². The highest BCUT2D eigenvalue weighted by Crippen LogP contribution is 2.30. The summed E-state index contributed by atoms with van der Waals surface area (Å²) < 4.78 is 0. The standard InChI is InChI=1S/C18H26N4O2/c1-21(2)18(24)16-10-15(19-12-20-16)9-13-5-4-8-22(11-13)17(23)14-6-3-7-14/h10,12-14H,3-9,11H2,1-2H3/t13-/m0/s1. The Morgan fingerprint density at radius 3 is 2.67 bits per heavy atom. The van der Waals surface area contributed by atoms with Crippen molar-refractivity contribution in [3.05, 3.63) is 23.8 Å². The fourth-order valence-electron chi connectivity index (χ4n) is 3.50. The average Bonchev–Trinajstić information content (AvgIpc) is 2.53. The second kappa shape index (κ2) is 7.28. The van der Waals surface area contributed by atoms with E-state index in [-0.39, 0.29) is 11.8 Å². The fraction of sp³-hybridized carbons (Fsp3) is 0.667. The summed E-state index contributed by atoms with van der Waals surface area (Å²) in [6.07, 6.45) is 7.73. The maximum atomic E-state index is 12.4. The molecule has 0 unspecified atom stereocenters. The van der Waals surface area contributed by atoms with Crippen LogP contribution in [0.25, 0.3) is 0 Å². The first-order valence-electron chi connectivity index (χ1n) is 8.86. The maximum Gasteiger partial charge on any atom is 0.272 e. The summed E-state index contributed by atoms with van der Waals surface area (Å²) in [7, 11) is 3.43. The Hall–Kier alpha value is -1.98. The van der Waals surface area contributed by atoms with E-state index in [4.69, 9.17) is 0 Å². The molecule has 1 aromatic rings. The van der Waals surface area contributed by atoms with Gasteiger partial charge in [0, 0.05) is 38.8 Å². The zero-order chi connectivity index (χ0) is 17.1. The van der Waals surface area contributed by atoms with Crippen molar-refractivity contribution >= 4 is 11.8 Å². The van der Waals surface area contributed by atoms with Crippen LogP contribution >= 0.6 is 0 Å². The molecule has 130 valence electrons. The lowest BCUT2D eigenvalue weighted by atomic mass is 9.83. The third-order valence-corrected chi connectivity index (χ3v) is 5.13. The van der Waals surface area contributed by atoms with Gasteiger partial charge in [0.05, 0.1) is 0 Å². The van der Waals surface area contributed by atoms with E-state index in [0.717, 1.165) is 50.9 Å². The van der Waals surface area contributed by atoms with Crippen molar-refractivity contribution in [2.24, 2.45) is 11.8 Å². The van der Waals surface area contributed by atoms with Crippen molar-refractivity contribution in [1.82, 2.24) is 19.8 Å². The van der Waals surface area contributed by atoms with Crippen molar-refractivity contribution in [3.8, 4) is 0 Å². The van der Waals surface area contributed by atoms with Crippen LogP contribution in [0.5, 0.6) is 0 Å². The number of rotatable bonds is 4. The van der Waals surface area contributed by atoms with E-state index >= 15 is 0 Å². The first kappa shape index (κ1) is 16.9. The highest BCUT2D eigenvalue weighted by molar-refractivity contribution is 5.91. The van der Waals surface area contributed by atoms with Gasteiger partial charge >= 0.3 is 0 Å². The number of amides is 2. The molecule has 0 aromatic carbocycles. The van der Waals surface area contributed by atoms with Gasteiger partial charge < -0.3 is 9.80 Å². The first-order valence-corrected chi connectivity index (χ1v) is 8.86. The van der Waals surface area contributed by atoms with E-state index in [0.29, 0.717) is 17.5 Å². The molecule has 0 radical (unpaired) electrons. The van der Waals surface area contributed by atoms with Gasteiger partial charge in [0.1, 0.15) is 12.0 Å². The second-order valence-electron chi connectivity index (χ2n) is 7.22. The minimum atomic E-state index is -0.107. The molecule has 0 N–H and O–H groups in total. The van der Waals surface area contributed by atoms with E-state index in [1.54, 1.807) is 20.2 Å². The lowest BCUT2D eigenvalue weighted by Gasteiger charge is -2.37. The molecule has 0 spiro atoms. The van der Waals surface area contributed by atoms with Gasteiger partial charge in [0.2, 0.25) is 5.91 Å². The predicted octanol–water partition coefficient (Wildman–Crippen LogP) is 1.76. The zero-order valence-corrected chi connectivity index (χ0v) is 14.6. The Morgan fingerprint density at radius 2 is 2.00 bits per heavy atom. The number of aromatic nitrogens is 2. The number of likely N-dealkylation sites (tertiary alicyclic amines) is 1. The topological polar surface area (TPSA) is 66.4 Å². The summed E-state index contributed by atoms with van der Waals surface area (Å²) in [4.78, 5) is 36.4. The summed E-state index contributed by atoms with van der Waals surface area (Å²) in [6, 6.07) is 1.79. The summed E-state index contributed by atoms with van der Waals surface area (Å²) in [5.74, 6) is 0.924. The van der Waals surface area contributed by atoms with Crippen molar-refractivity contribution in [1.29, 1.82) is 0 Å². The van der Waals surface area contributed by atoms with Gasteiger partial charge in [-0.25, -0.2) is 9.97 Å². The van der Waals surface area contributed by atoms with Gasteiger partial charge in [0.25, 0.3) is 5.91 Å². The highest BCUT2D eigenvalue weighted by atomic mass is 16.2. The SMILES string of the molecule is CN(C)C(=O)c1cc(C[C@@H]2CCCN(C(=O)C3CCC3)C2)ncn1. The normalized spacial score (nSPS) is 21.2. The molecule has 1 saturated carbocycles. The lowest BCUT2D eigenvalue weighted by molar-refractivity contribution is -0.140. The van der Waals surface area contributed by atoms with Crippen LogP contribution in [0.2, 0.25) is 0 Å². The molecule has 2 amide bonds. The molecular formula is C18H26N4O2. The van der Waals surface area contributed by atoms with Gasteiger partial charge in [-0.3, -0.25) is 9.59 Å². The van der Waals surface area contributed by atoms with Gasteiger partial charge in [-0.15, -0.1) is 0 Å². The van der Waals surface area contributed by atoms with Crippen LogP contribution < -0.4 is 0 Å². The van der Waals surface area contributed by atoms with Crippen molar-refractivity contribution in [3.63, 3.8) is 0 Å². The Balaban J connectivity index is 1.62. The molecule has 1 aliphatic carbocycles. The van der Waals surface area contributed by atoms with Crippen LogP contribution in [0, 0.1) is 11.8 Å².